The average molecular weight is 283 g/mol. The van der Waals surface area contributed by atoms with Gasteiger partial charge in [0, 0.05) is 6.04 Å². The van der Waals surface area contributed by atoms with Crippen molar-refractivity contribution in [2.45, 2.75) is 26.3 Å². The Morgan fingerprint density at radius 3 is 2.57 bits per heavy atom. The van der Waals surface area contributed by atoms with Gasteiger partial charge in [0.15, 0.2) is 11.5 Å². The molecule has 0 amide bonds. The van der Waals surface area contributed by atoms with Crippen LogP contribution in [-0.2, 0) is 6.42 Å². The van der Waals surface area contributed by atoms with Crippen LogP contribution in [0.5, 0.6) is 11.5 Å². The molecule has 2 aromatic carbocycles. The fourth-order valence-electron chi connectivity index (χ4n) is 2.67. The highest BCUT2D eigenvalue weighted by molar-refractivity contribution is 5.45. The Bertz CT molecular complexity index is 652. The second kappa shape index (κ2) is 5.78. The third kappa shape index (κ3) is 3.03. The highest BCUT2D eigenvalue weighted by Gasteiger charge is 2.15. The number of aryl methyl sites for hydroxylation is 2. The summed E-state index contributed by atoms with van der Waals surface area (Å²) in [4.78, 5) is 0. The number of rotatable bonds is 3. The van der Waals surface area contributed by atoms with E-state index in [1.807, 2.05) is 18.2 Å². The van der Waals surface area contributed by atoms with Crippen molar-refractivity contribution in [2.24, 2.45) is 5.73 Å². The molecule has 0 saturated heterocycles. The van der Waals surface area contributed by atoms with Gasteiger partial charge >= 0.3 is 0 Å². The standard InChI is InChI=1S/C18H21NO2/c1-12-3-4-13(2)15(9-12)10-16(19)14-5-6-17-18(11-14)21-8-7-20-17/h3-6,9,11,16H,7-8,10,19H2,1-2H3. The molecule has 0 fully saturated rings. The lowest BCUT2D eigenvalue weighted by molar-refractivity contribution is 0.171. The second-order valence-corrected chi connectivity index (χ2v) is 5.64. The summed E-state index contributed by atoms with van der Waals surface area (Å²) < 4.78 is 11.2. The lowest BCUT2D eigenvalue weighted by Gasteiger charge is -2.21. The maximum absolute atomic E-state index is 6.38. The van der Waals surface area contributed by atoms with Crippen LogP contribution in [0.1, 0.15) is 28.3 Å². The first-order valence-electron chi connectivity index (χ1n) is 7.35. The zero-order chi connectivity index (χ0) is 14.8. The second-order valence-electron chi connectivity index (χ2n) is 5.64. The molecule has 0 aliphatic carbocycles. The lowest BCUT2D eigenvalue weighted by atomic mass is 9.95. The largest absolute Gasteiger partial charge is 0.486 e. The summed E-state index contributed by atoms with van der Waals surface area (Å²) in [5.41, 5.74) is 11.3. The number of ether oxygens (including phenoxy) is 2. The van der Waals surface area contributed by atoms with Crippen molar-refractivity contribution in [3.63, 3.8) is 0 Å². The van der Waals surface area contributed by atoms with Crippen molar-refractivity contribution in [1.29, 1.82) is 0 Å². The molecule has 1 aliphatic heterocycles. The van der Waals surface area contributed by atoms with E-state index in [0.29, 0.717) is 13.2 Å². The lowest BCUT2D eigenvalue weighted by Crippen LogP contribution is -2.17. The van der Waals surface area contributed by atoms with E-state index < -0.39 is 0 Å². The van der Waals surface area contributed by atoms with E-state index in [1.165, 1.54) is 16.7 Å². The van der Waals surface area contributed by atoms with Gasteiger partial charge in [0.2, 0.25) is 0 Å². The molecule has 3 rings (SSSR count). The number of fused-ring (bicyclic) bond motifs is 1. The van der Waals surface area contributed by atoms with Gasteiger partial charge in [0.25, 0.3) is 0 Å². The van der Waals surface area contributed by atoms with Crippen LogP contribution in [0.25, 0.3) is 0 Å². The summed E-state index contributed by atoms with van der Waals surface area (Å²) in [6.45, 7) is 5.45. The van der Waals surface area contributed by atoms with Crippen LogP contribution in [0.15, 0.2) is 36.4 Å². The Hall–Kier alpha value is -2.00. The van der Waals surface area contributed by atoms with Crippen LogP contribution in [-0.4, -0.2) is 13.2 Å². The molecule has 1 unspecified atom stereocenters. The molecule has 2 N–H and O–H groups in total. The quantitative estimate of drug-likeness (QED) is 0.940. The average Bonchev–Trinajstić information content (AvgIpc) is 2.50. The smallest absolute Gasteiger partial charge is 0.161 e. The summed E-state index contributed by atoms with van der Waals surface area (Å²) in [6.07, 6.45) is 0.827. The van der Waals surface area contributed by atoms with Crippen molar-refractivity contribution in [1.82, 2.24) is 0 Å². The number of nitrogens with two attached hydrogens (primary N) is 1. The van der Waals surface area contributed by atoms with Gasteiger partial charge in [-0.25, -0.2) is 0 Å². The molecule has 0 spiro atoms. The summed E-state index contributed by atoms with van der Waals surface area (Å²) in [6, 6.07) is 12.4. The summed E-state index contributed by atoms with van der Waals surface area (Å²) >= 11 is 0. The Morgan fingerprint density at radius 1 is 1.00 bits per heavy atom. The highest BCUT2D eigenvalue weighted by Crippen LogP contribution is 2.33. The molecule has 2 aromatic rings. The minimum absolute atomic E-state index is 0.0404. The van der Waals surface area contributed by atoms with E-state index >= 15 is 0 Å². The molecule has 1 atom stereocenters. The van der Waals surface area contributed by atoms with Crippen LogP contribution in [0.4, 0.5) is 0 Å². The predicted molar refractivity (Wildman–Crippen MR) is 84.0 cm³/mol. The predicted octanol–water partition coefficient (Wildman–Crippen LogP) is 3.32. The molecule has 0 saturated carbocycles. The summed E-state index contributed by atoms with van der Waals surface area (Å²) in [7, 11) is 0. The Balaban J connectivity index is 1.82. The van der Waals surface area contributed by atoms with Gasteiger partial charge in [0.1, 0.15) is 13.2 Å². The first-order chi connectivity index (χ1) is 10.1. The molecule has 1 heterocycles. The molecule has 0 radical (unpaired) electrons. The van der Waals surface area contributed by atoms with E-state index in [4.69, 9.17) is 15.2 Å². The molecule has 0 aromatic heterocycles. The van der Waals surface area contributed by atoms with Crippen LogP contribution >= 0.6 is 0 Å². The van der Waals surface area contributed by atoms with Crippen LogP contribution < -0.4 is 15.2 Å². The molecular weight excluding hydrogens is 262 g/mol. The van der Waals surface area contributed by atoms with Crippen LogP contribution in [0.2, 0.25) is 0 Å². The molecule has 1 aliphatic rings. The Morgan fingerprint density at radius 2 is 1.76 bits per heavy atom. The first kappa shape index (κ1) is 14.0. The molecule has 3 heteroatoms. The molecule has 3 nitrogen and oxygen atoms in total. The zero-order valence-electron chi connectivity index (χ0n) is 12.6. The monoisotopic (exact) mass is 283 g/mol. The molecular formula is C18H21NO2. The van der Waals surface area contributed by atoms with Gasteiger partial charge in [0.05, 0.1) is 0 Å². The van der Waals surface area contributed by atoms with Crippen LogP contribution in [0, 0.1) is 13.8 Å². The first-order valence-corrected chi connectivity index (χ1v) is 7.35. The van der Waals surface area contributed by atoms with Gasteiger partial charge in [-0.1, -0.05) is 29.8 Å². The Labute approximate surface area is 125 Å². The summed E-state index contributed by atoms with van der Waals surface area (Å²) in [5, 5.41) is 0. The molecule has 110 valence electrons. The van der Waals surface area contributed by atoms with E-state index in [9.17, 15) is 0 Å². The minimum Gasteiger partial charge on any atom is -0.486 e. The van der Waals surface area contributed by atoms with Crippen molar-refractivity contribution in [3.8, 4) is 11.5 Å². The van der Waals surface area contributed by atoms with Crippen molar-refractivity contribution >= 4 is 0 Å². The van der Waals surface area contributed by atoms with E-state index in [2.05, 4.69) is 32.0 Å². The van der Waals surface area contributed by atoms with Gasteiger partial charge in [-0.15, -0.1) is 0 Å². The van der Waals surface area contributed by atoms with E-state index in [-0.39, 0.29) is 6.04 Å². The fraction of sp³-hybridized carbons (Fsp3) is 0.333. The number of hydrogen-bond acceptors (Lipinski definition) is 3. The van der Waals surface area contributed by atoms with Crippen molar-refractivity contribution in [2.75, 3.05) is 13.2 Å². The van der Waals surface area contributed by atoms with Gasteiger partial charge in [-0.3, -0.25) is 0 Å². The van der Waals surface area contributed by atoms with Gasteiger partial charge in [-0.05, 0) is 49.1 Å². The highest BCUT2D eigenvalue weighted by atomic mass is 16.6. The molecule has 0 bridgehead atoms. The third-order valence-electron chi connectivity index (χ3n) is 3.94. The fourth-order valence-corrected chi connectivity index (χ4v) is 2.67. The van der Waals surface area contributed by atoms with Crippen molar-refractivity contribution < 1.29 is 9.47 Å². The zero-order valence-corrected chi connectivity index (χ0v) is 12.6. The topological polar surface area (TPSA) is 44.5 Å². The number of hydrogen-bond donors (Lipinski definition) is 1. The van der Waals surface area contributed by atoms with Gasteiger partial charge in [-0.2, -0.15) is 0 Å². The maximum atomic E-state index is 6.38. The SMILES string of the molecule is Cc1ccc(C)c(CC(N)c2ccc3c(c2)OCCO3)c1. The van der Waals surface area contributed by atoms with E-state index in [1.54, 1.807) is 0 Å². The molecule has 21 heavy (non-hydrogen) atoms. The maximum Gasteiger partial charge on any atom is 0.161 e. The van der Waals surface area contributed by atoms with E-state index in [0.717, 1.165) is 23.5 Å². The van der Waals surface area contributed by atoms with Crippen molar-refractivity contribution in [3.05, 3.63) is 58.7 Å². The summed E-state index contributed by atoms with van der Waals surface area (Å²) in [5.74, 6) is 1.61. The third-order valence-corrected chi connectivity index (χ3v) is 3.94. The minimum atomic E-state index is -0.0404. The van der Waals surface area contributed by atoms with Crippen LogP contribution in [0.3, 0.4) is 0 Å². The Kier molecular flexibility index (Phi) is 3.84. The number of benzene rings is 2. The normalized spacial score (nSPS) is 14.8. The van der Waals surface area contributed by atoms with Gasteiger partial charge < -0.3 is 15.2 Å².